The Morgan fingerprint density at radius 1 is 1.29 bits per heavy atom. The average molecular weight is 331 g/mol. The van der Waals surface area contributed by atoms with Gasteiger partial charge in [0.25, 0.3) is 0 Å². The highest BCUT2D eigenvalue weighted by Crippen LogP contribution is 2.33. The zero-order chi connectivity index (χ0) is 15.3. The van der Waals surface area contributed by atoms with Crippen LogP contribution in [0.4, 0.5) is 0 Å². The maximum atomic E-state index is 11.1. The Morgan fingerprint density at radius 3 is 2.67 bits per heavy atom. The standard InChI is InChI=1S/C14H21NO4S2/c1-15-12(10-20-7-8-21(2,16)17)11-3-4-13-14(9-11)19-6-5-18-13/h3-4,9,12,15H,5-8,10H2,1-2H3. The van der Waals surface area contributed by atoms with Crippen LogP contribution in [0.1, 0.15) is 11.6 Å². The summed E-state index contributed by atoms with van der Waals surface area (Å²) in [6.07, 6.45) is 1.27. The molecule has 0 saturated carbocycles. The second kappa shape index (κ2) is 7.38. The van der Waals surface area contributed by atoms with Gasteiger partial charge in [0.15, 0.2) is 11.5 Å². The van der Waals surface area contributed by atoms with Crippen LogP contribution in [0.2, 0.25) is 0 Å². The molecular weight excluding hydrogens is 310 g/mol. The van der Waals surface area contributed by atoms with Crippen LogP contribution in [-0.4, -0.2) is 52.2 Å². The van der Waals surface area contributed by atoms with Gasteiger partial charge < -0.3 is 14.8 Å². The van der Waals surface area contributed by atoms with Crippen molar-refractivity contribution in [2.45, 2.75) is 6.04 Å². The summed E-state index contributed by atoms with van der Waals surface area (Å²) in [5, 5.41) is 3.26. The van der Waals surface area contributed by atoms with Crippen molar-refractivity contribution in [3.8, 4) is 11.5 Å². The number of rotatable bonds is 7. The van der Waals surface area contributed by atoms with Crippen molar-refractivity contribution in [1.29, 1.82) is 0 Å². The van der Waals surface area contributed by atoms with Gasteiger partial charge in [-0.3, -0.25) is 0 Å². The smallest absolute Gasteiger partial charge is 0.161 e. The van der Waals surface area contributed by atoms with Gasteiger partial charge in [-0.25, -0.2) is 8.42 Å². The van der Waals surface area contributed by atoms with Crippen LogP contribution in [0.15, 0.2) is 18.2 Å². The first-order chi connectivity index (χ1) is 9.99. The number of hydrogen-bond donors (Lipinski definition) is 1. The molecule has 0 radical (unpaired) electrons. The van der Waals surface area contributed by atoms with Crippen molar-refractivity contribution in [3.05, 3.63) is 23.8 Å². The van der Waals surface area contributed by atoms with Gasteiger partial charge in [0, 0.05) is 23.8 Å². The summed E-state index contributed by atoms with van der Waals surface area (Å²) in [6.45, 7) is 1.16. The van der Waals surface area contributed by atoms with Crippen LogP contribution in [0.3, 0.4) is 0 Å². The molecule has 1 aliphatic heterocycles. The maximum Gasteiger partial charge on any atom is 0.161 e. The molecule has 0 bridgehead atoms. The molecule has 21 heavy (non-hydrogen) atoms. The fourth-order valence-electron chi connectivity index (χ4n) is 2.03. The first-order valence-corrected chi connectivity index (χ1v) is 10.0. The van der Waals surface area contributed by atoms with Crippen LogP contribution in [-0.2, 0) is 9.84 Å². The Hall–Kier alpha value is -0.920. The first-order valence-electron chi connectivity index (χ1n) is 6.82. The van der Waals surface area contributed by atoms with Gasteiger partial charge in [-0.05, 0) is 24.7 Å². The third kappa shape index (κ3) is 5.09. The highest BCUT2D eigenvalue weighted by molar-refractivity contribution is 8.00. The van der Waals surface area contributed by atoms with E-state index >= 15 is 0 Å². The third-order valence-corrected chi connectivity index (χ3v) is 5.47. The molecule has 0 aromatic heterocycles. The first kappa shape index (κ1) is 16.5. The fraction of sp³-hybridized carbons (Fsp3) is 0.571. The molecule has 1 N–H and O–H groups in total. The molecule has 1 aromatic rings. The lowest BCUT2D eigenvalue weighted by atomic mass is 10.1. The molecule has 2 rings (SSSR count). The van der Waals surface area contributed by atoms with Gasteiger partial charge >= 0.3 is 0 Å². The van der Waals surface area contributed by atoms with Gasteiger partial charge in [0.05, 0.1) is 5.75 Å². The molecule has 5 nitrogen and oxygen atoms in total. The lowest BCUT2D eigenvalue weighted by Crippen LogP contribution is -2.21. The van der Waals surface area contributed by atoms with Crippen LogP contribution < -0.4 is 14.8 Å². The predicted molar refractivity (Wildman–Crippen MR) is 86.3 cm³/mol. The molecule has 1 atom stereocenters. The Labute approximate surface area is 130 Å². The molecule has 1 unspecified atom stereocenters. The van der Waals surface area contributed by atoms with E-state index in [-0.39, 0.29) is 11.8 Å². The zero-order valence-corrected chi connectivity index (χ0v) is 13.9. The second-order valence-electron chi connectivity index (χ2n) is 4.95. The molecular formula is C14H21NO4S2. The van der Waals surface area contributed by atoms with E-state index in [0.29, 0.717) is 19.0 Å². The predicted octanol–water partition coefficient (Wildman–Crippen LogP) is 1.50. The SMILES string of the molecule is CNC(CSCCS(C)(=O)=O)c1ccc2c(c1)OCCO2. The van der Waals surface area contributed by atoms with E-state index in [9.17, 15) is 8.42 Å². The van der Waals surface area contributed by atoms with E-state index in [0.717, 1.165) is 22.8 Å². The molecule has 118 valence electrons. The topological polar surface area (TPSA) is 64.6 Å². The van der Waals surface area contributed by atoms with E-state index < -0.39 is 9.84 Å². The lowest BCUT2D eigenvalue weighted by Gasteiger charge is -2.22. The number of hydrogen-bond acceptors (Lipinski definition) is 6. The van der Waals surface area contributed by atoms with Crippen LogP contribution >= 0.6 is 11.8 Å². The molecule has 0 amide bonds. The normalized spacial score (nSPS) is 15.7. The summed E-state index contributed by atoms with van der Waals surface area (Å²) >= 11 is 1.63. The quantitative estimate of drug-likeness (QED) is 0.764. The number of sulfone groups is 1. The largest absolute Gasteiger partial charge is 0.486 e. The summed E-state index contributed by atoms with van der Waals surface area (Å²) in [5.41, 5.74) is 1.12. The molecule has 0 fully saturated rings. The Morgan fingerprint density at radius 2 is 2.00 bits per heavy atom. The van der Waals surface area contributed by atoms with Crippen molar-refractivity contribution >= 4 is 21.6 Å². The van der Waals surface area contributed by atoms with Gasteiger partial charge in [-0.1, -0.05) is 6.07 Å². The van der Waals surface area contributed by atoms with Gasteiger partial charge in [-0.2, -0.15) is 11.8 Å². The summed E-state index contributed by atoms with van der Waals surface area (Å²) in [5.74, 6) is 3.20. The number of ether oxygens (including phenoxy) is 2. The summed E-state index contributed by atoms with van der Waals surface area (Å²) in [7, 11) is -0.982. The number of thioether (sulfide) groups is 1. The minimum Gasteiger partial charge on any atom is -0.486 e. The highest BCUT2D eigenvalue weighted by atomic mass is 32.2. The molecule has 0 saturated heterocycles. The molecule has 0 aliphatic carbocycles. The average Bonchev–Trinajstić information content (AvgIpc) is 2.46. The van der Waals surface area contributed by atoms with E-state index in [1.165, 1.54) is 6.26 Å². The molecule has 1 heterocycles. The molecule has 1 aromatic carbocycles. The Balaban J connectivity index is 1.94. The van der Waals surface area contributed by atoms with E-state index in [2.05, 4.69) is 5.32 Å². The fourth-order valence-corrected chi connectivity index (χ4v) is 4.48. The highest BCUT2D eigenvalue weighted by Gasteiger charge is 2.16. The lowest BCUT2D eigenvalue weighted by molar-refractivity contribution is 0.171. The third-order valence-electron chi connectivity index (χ3n) is 3.20. The van der Waals surface area contributed by atoms with Crippen molar-refractivity contribution in [1.82, 2.24) is 5.32 Å². The molecule has 7 heteroatoms. The van der Waals surface area contributed by atoms with Crippen molar-refractivity contribution in [2.24, 2.45) is 0 Å². The second-order valence-corrected chi connectivity index (χ2v) is 8.36. The maximum absolute atomic E-state index is 11.1. The van der Waals surface area contributed by atoms with E-state index in [1.54, 1.807) is 11.8 Å². The summed E-state index contributed by atoms with van der Waals surface area (Å²) in [6, 6.07) is 6.10. The van der Waals surface area contributed by atoms with Gasteiger partial charge in [-0.15, -0.1) is 0 Å². The van der Waals surface area contributed by atoms with Gasteiger partial charge in [0.1, 0.15) is 23.1 Å². The Kier molecular flexibility index (Phi) is 5.78. The molecule has 1 aliphatic rings. The zero-order valence-electron chi connectivity index (χ0n) is 12.3. The summed E-state index contributed by atoms with van der Waals surface area (Å²) < 4.78 is 33.3. The van der Waals surface area contributed by atoms with Crippen molar-refractivity contribution < 1.29 is 17.9 Å². The van der Waals surface area contributed by atoms with Crippen molar-refractivity contribution in [2.75, 3.05) is 43.8 Å². The minimum atomic E-state index is -2.88. The minimum absolute atomic E-state index is 0.158. The van der Waals surface area contributed by atoms with Crippen molar-refractivity contribution in [3.63, 3.8) is 0 Å². The van der Waals surface area contributed by atoms with E-state index in [4.69, 9.17) is 9.47 Å². The number of fused-ring (bicyclic) bond motifs is 1. The van der Waals surface area contributed by atoms with Crippen LogP contribution in [0.25, 0.3) is 0 Å². The molecule has 0 spiro atoms. The van der Waals surface area contributed by atoms with E-state index in [1.807, 2.05) is 25.2 Å². The monoisotopic (exact) mass is 331 g/mol. The number of nitrogens with one attached hydrogen (secondary N) is 1. The number of benzene rings is 1. The Bertz CT molecular complexity index is 574. The van der Waals surface area contributed by atoms with Crippen LogP contribution in [0.5, 0.6) is 11.5 Å². The van der Waals surface area contributed by atoms with Gasteiger partial charge in [0.2, 0.25) is 0 Å². The summed E-state index contributed by atoms with van der Waals surface area (Å²) in [4.78, 5) is 0. The van der Waals surface area contributed by atoms with Crippen LogP contribution in [0, 0.1) is 0 Å².